The quantitative estimate of drug-likeness (QED) is 0.163. The van der Waals surface area contributed by atoms with E-state index in [4.69, 9.17) is 0 Å². The molecule has 9 aromatic carbocycles. The molecule has 12 rings (SSSR count). The maximum absolute atomic E-state index is 2.46. The molecule has 0 N–H and O–H groups in total. The molecule has 0 atom stereocenters. The monoisotopic (exact) mass is 767 g/mol. The van der Waals surface area contributed by atoms with Crippen molar-refractivity contribution in [1.29, 1.82) is 0 Å². The van der Waals surface area contributed by atoms with Crippen LogP contribution in [0.4, 0.5) is 17.1 Å². The summed E-state index contributed by atoms with van der Waals surface area (Å²) in [5.41, 5.74) is 19.8. The number of rotatable bonds is 6. The third-order valence-electron chi connectivity index (χ3n) is 12.5. The highest BCUT2D eigenvalue weighted by Crippen LogP contribution is 2.66. The first-order valence-corrected chi connectivity index (χ1v) is 21.2. The smallest absolute Gasteiger partial charge is 0.0740 e. The van der Waals surface area contributed by atoms with E-state index in [1.807, 2.05) is 11.3 Å². The average Bonchev–Trinajstić information content (AvgIpc) is 3.94. The third-order valence-corrected chi connectivity index (χ3v) is 13.7. The Morgan fingerprint density at radius 2 is 0.729 bits per heavy atom. The maximum Gasteiger partial charge on any atom is 0.0740 e. The number of nitrogens with zero attached hydrogens (tertiary/aromatic N) is 1. The van der Waals surface area contributed by atoms with E-state index >= 15 is 0 Å². The van der Waals surface area contributed by atoms with Gasteiger partial charge in [0.15, 0.2) is 0 Å². The van der Waals surface area contributed by atoms with Crippen LogP contribution in [0, 0.1) is 0 Å². The van der Waals surface area contributed by atoms with E-state index in [1.165, 1.54) is 87.3 Å². The highest BCUT2D eigenvalue weighted by Gasteiger charge is 2.53. The highest BCUT2D eigenvalue weighted by atomic mass is 32.1. The van der Waals surface area contributed by atoms with Gasteiger partial charge >= 0.3 is 0 Å². The summed E-state index contributed by atoms with van der Waals surface area (Å²) in [5.74, 6) is 0. The van der Waals surface area contributed by atoms with Crippen molar-refractivity contribution in [3.05, 3.63) is 247 Å². The van der Waals surface area contributed by atoms with E-state index in [1.54, 1.807) is 0 Å². The zero-order valence-corrected chi connectivity index (χ0v) is 33.0. The van der Waals surface area contributed by atoms with Gasteiger partial charge in [-0.25, -0.2) is 0 Å². The second-order valence-electron chi connectivity index (χ2n) is 15.6. The van der Waals surface area contributed by atoms with Crippen molar-refractivity contribution in [2.24, 2.45) is 0 Å². The van der Waals surface area contributed by atoms with Crippen molar-refractivity contribution in [2.45, 2.75) is 5.41 Å². The lowest BCUT2D eigenvalue weighted by atomic mass is 9.70. The largest absolute Gasteiger partial charge is 0.311 e. The standard InChI is InChI=1S/C57H37NS/c1-3-13-38(14-4-1)40-23-30-44(31-24-40)58(45-32-25-41(26-33-45)39-15-5-2-6-16-39)46-34-27-42(28-35-46)43-29-36-53-50(37-43)56-55(49-19-9-12-22-54(49)59-56)57(53)51-20-10-7-17-47(51)48-18-8-11-21-52(48)57/h1-37H. The van der Waals surface area contributed by atoms with Gasteiger partial charge in [-0.3, -0.25) is 0 Å². The van der Waals surface area contributed by atoms with Gasteiger partial charge in [0.1, 0.15) is 0 Å². The van der Waals surface area contributed by atoms with Crippen LogP contribution < -0.4 is 4.90 Å². The number of thiophene rings is 1. The van der Waals surface area contributed by atoms with Crippen molar-refractivity contribution in [2.75, 3.05) is 4.90 Å². The van der Waals surface area contributed by atoms with Gasteiger partial charge in [-0.1, -0.05) is 176 Å². The summed E-state index contributed by atoms with van der Waals surface area (Å²) in [6.07, 6.45) is 0. The molecule has 0 aliphatic heterocycles. The molecule has 1 nitrogen and oxygen atoms in total. The van der Waals surface area contributed by atoms with Gasteiger partial charge in [0.05, 0.1) is 5.41 Å². The Labute approximate surface area is 348 Å². The average molecular weight is 768 g/mol. The van der Waals surface area contributed by atoms with Crippen molar-refractivity contribution < 1.29 is 0 Å². The maximum atomic E-state index is 2.46. The summed E-state index contributed by atoms with van der Waals surface area (Å²) < 4.78 is 1.34. The van der Waals surface area contributed by atoms with Crippen molar-refractivity contribution in [3.8, 4) is 54.9 Å². The van der Waals surface area contributed by atoms with Crippen molar-refractivity contribution in [1.82, 2.24) is 0 Å². The molecule has 59 heavy (non-hydrogen) atoms. The second kappa shape index (κ2) is 13.4. The van der Waals surface area contributed by atoms with Gasteiger partial charge in [0.2, 0.25) is 0 Å². The van der Waals surface area contributed by atoms with Gasteiger partial charge in [-0.15, -0.1) is 11.3 Å². The topological polar surface area (TPSA) is 3.24 Å². The molecule has 0 saturated carbocycles. The molecule has 0 saturated heterocycles. The summed E-state index contributed by atoms with van der Waals surface area (Å²) >= 11 is 1.94. The molecule has 1 spiro atoms. The molecule has 1 heterocycles. The van der Waals surface area contributed by atoms with Gasteiger partial charge in [-0.2, -0.15) is 0 Å². The molecule has 2 aliphatic carbocycles. The van der Waals surface area contributed by atoms with Crippen LogP contribution in [0.1, 0.15) is 22.3 Å². The van der Waals surface area contributed by atoms with Gasteiger partial charge < -0.3 is 4.90 Å². The van der Waals surface area contributed by atoms with Crippen LogP contribution >= 0.6 is 11.3 Å². The summed E-state index contributed by atoms with van der Waals surface area (Å²) in [6.45, 7) is 0. The molecule has 276 valence electrons. The van der Waals surface area contributed by atoms with Crippen LogP contribution in [-0.4, -0.2) is 0 Å². The van der Waals surface area contributed by atoms with Crippen LogP contribution in [0.15, 0.2) is 224 Å². The number of anilines is 3. The van der Waals surface area contributed by atoms with Crippen molar-refractivity contribution >= 4 is 38.5 Å². The third kappa shape index (κ3) is 5.17. The van der Waals surface area contributed by atoms with Crippen molar-refractivity contribution in [3.63, 3.8) is 0 Å². The van der Waals surface area contributed by atoms with E-state index in [9.17, 15) is 0 Å². The second-order valence-corrected chi connectivity index (χ2v) is 16.7. The van der Waals surface area contributed by atoms with Crippen LogP contribution in [-0.2, 0) is 5.41 Å². The van der Waals surface area contributed by atoms with Gasteiger partial charge in [-0.05, 0) is 126 Å². The Morgan fingerprint density at radius 3 is 1.27 bits per heavy atom. The predicted molar refractivity (Wildman–Crippen MR) is 249 cm³/mol. The van der Waals surface area contributed by atoms with Crippen LogP contribution in [0.5, 0.6) is 0 Å². The normalized spacial score (nSPS) is 12.9. The van der Waals surface area contributed by atoms with Gasteiger partial charge in [0, 0.05) is 26.6 Å². The Kier molecular flexibility index (Phi) is 7.69. The lowest BCUT2D eigenvalue weighted by molar-refractivity contribution is 0.803. The number of hydrogen-bond donors (Lipinski definition) is 0. The minimum absolute atomic E-state index is 0.355. The lowest BCUT2D eigenvalue weighted by Gasteiger charge is -2.30. The molecular formula is C57H37NS. The summed E-state index contributed by atoms with van der Waals surface area (Å²) in [5, 5.41) is 1.36. The first-order valence-electron chi connectivity index (χ1n) is 20.3. The van der Waals surface area contributed by atoms with E-state index in [0.29, 0.717) is 0 Å². The summed E-state index contributed by atoms with van der Waals surface area (Å²) in [6, 6.07) is 82.5. The molecule has 2 heteroatoms. The molecule has 1 aromatic heterocycles. The summed E-state index contributed by atoms with van der Waals surface area (Å²) in [4.78, 5) is 3.74. The predicted octanol–water partition coefficient (Wildman–Crippen LogP) is 15.7. The SMILES string of the molecule is c1ccc(-c2ccc(N(c3ccc(-c4ccccc4)cc3)c3ccc(-c4ccc5c(c4)-c4sc6ccccc6c4C54c5ccccc5-c5ccccc54)cc3)cc2)cc1. The zero-order chi connectivity index (χ0) is 38.9. The molecule has 0 radical (unpaired) electrons. The van der Waals surface area contributed by atoms with E-state index in [0.717, 1.165) is 17.1 Å². The minimum atomic E-state index is -0.355. The van der Waals surface area contributed by atoms with Crippen LogP contribution in [0.25, 0.3) is 65.0 Å². The highest BCUT2D eigenvalue weighted by molar-refractivity contribution is 7.22. The van der Waals surface area contributed by atoms with E-state index in [2.05, 4.69) is 229 Å². The molecule has 0 fully saturated rings. The fourth-order valence-electron chi connectivity index (χ4n) is 9.89. The number of benzene rings is 9. The molecule has 0 unspecified atom stereocenters. The van der Waals surface area contributed by atoms with E-state index < -0.39 is 0 Å². The van der Waals surface area contributed by atoms with Crippen LogP contribution in [0.3, 0.4) is 0 Å². The van der Waals surface area contributed by atoms with Gasteiger partial charge in [0.25, 0.3) is 0 Å². The first-order chi connectivity index (χ1) is 29.3. The Bertz CT molecular complexity index is 3050. The fourth-order valence-corrected chi connectivity index (χ4v) is 11.2. The molecule has 2 aliphatic rings. The molecule has 10 aromatic rings. The Hall–Kier alpha value is -7.26. The Balaban J connectivity index is 0.967. The number of hydrogen-bond acceptors (Lipinski definition) is 2. The summed E-state index contributed by atoms with van der Waals surface area (Å²) in [7, 11) is 0. The molecule has 0 amide bonds. The molecule has 0 bridgehead atoms. The fraction of sp³-hybridized carbons (Fsp3) is 0.0175. The Morgan fingerprint density at radius 1 is 0.322 bits per heavy atom. The molecular weight excluding hydrogens is 731 g/mol. The van der Waals surface area contributed by atoms with E-state index in [-0.39, 0.29) is 5.41 Å². The minimum Gasteiger partial charge on any atom is -0.311 e. The zero-order valence-electron chi connectivity index (χ0n) is 32.2. The lowest BCUT2D eigenvalue weighted by Crippen LogP contribution is -2.25. The van der Waals surface area contributed by atoms with Crippen LogP contribution in [0.2, 0.25) is 0 Å². The number of fused-ring (bicyclic) bond motifs is 12. The first kappa shape index (κ1) is 33.8.